The van der Waals surface area contributed by atoms with Crippen molar-refractivity contribution < 1.29 is 9.59 Å². The van der Waals surface area contributed by atoms with Crippen molar-refractivity contribution in [3.63, 3.8) is 0 Å². The van der Waals surface area contributed by atoms with E-state index < -0.39 is 0 Å². The molecule has 0 unspecified atom stereocenters. The van der Waals surface area contributed by atoms with Crippen LogP contribution >= 0.6 is 0 Å². The molecule has 2 aromatic carbocycles. The van der Waals surface area contributed by atoms with Gasteiger partial charge >= 0.3 is 0 Å². The van der Waals surface area contributed by atoms with Gasteiger partial charge in [-0.2, -0.15) is 0 Å². The van der Waals surface area contributed by atoms with E-state index in [1.165, 1.54) is 0 Å². The van der Waals surface area contributed by atoms with E-state index in [0.29, 0.717) is 12.8 Å². The summed E-state index contributed by atoms with van der Waals surface area (Å²) in [4.78, 5) is 27.5. The van der Waals surface area contributed by atoms with Gasteiger partial charge in [-0.05, 0) is 49.9 Å². The lowest BCUT2D eigenvalue weighted by Crippen LogP contribution is -2.33. The predicted octanol–water partition coefficient (Wildman–Crippen LogP) is 3.78. The van der Waals surface area contributed by atoms with Gasteiger partial charge in [0.1, 0.15) is 0 Å². The van der Waals surface area contributed by atoms with Crippen LogP contribution in [0.5, 0.6) is 0 Å². The molecule has 1 aromatic heterocycles. The molecular formula is C22H25N3O2. The molecule has 3 aromatic rings. The molecule has 0 bridgehead atoms. The first-order valence-electron chi connectivity index (χ1n) is 9.13. The number of nitrogens with one attached hydrogen (secondary N) is 3. The van der Waals surface area contributed by atoms with Crippen molar-refractivity contribution >= 4 is 28.4 Å². The zero-order chi connectivity index (χ0) is 19.4. The predicted molar refractivity (Wildman–Crippen MR) is 109 cm³/mol. The number of carbonyl (C=O) groups is 2. The van der Waals surface area contributed by atoms with Crippen molar-refractivity contribution in [3.05, 3.63) is 64.8 Å². The Balaban J connectivity index is 1.50. The smallest absolute Gasteiger partial charge is 0.243 e. The van der Waals surface area contributed by atoms with Crippen molar-refractivity contribution in [2.45, 2.75) is 33.6 Å². The SMILES string of the molecule is Cc1cc(C)c(NC(=O)CNC(=O)CCc2c[nH]c3ccccc23)c(C)c1. The molecule has 0 radical (unpaired) electrons. The lowest BCUT2D eigenvalue weighted by atomic mass is 10.1. The van der Waals surface area contributed by atoms with Gasteiger partial charge in [-0.3, -0.25) is 9.59 Å². The quantitative estimate of drug-likeness (QED) is 0.623. The average molecular weight is 363 g/mol. The normalized spacial score (nSPS) is 10.8. The summed E-state index contributed by atoms with van der Waals surface area (Å²) < 4.78 is 0. The van der Waals surface area contributed by atoms with E-state index in [1.54, 1.807) is 0 Å². The third-order valence-corrected chi connectivity index (χ3v) is 4.68. The van der Waals surface area contributed by atoms with Gasteiger partial charge in [-0.1, -0.05) is 35.9 Å². The Morgan fingerprint density at radius 2 is 1.70 bits per heavy atom. The third kappa shape index (κ3) is 4.56. The second-order valence-corrected chi connectivity index (χ2v) is 6.96. The van der Waals surface area contributed by atoms with Gasteiger partial charge in [0.2, 0.25) is 11.8 Å². The van der Waals surface area contributed by atoms with Crippen LogP contribution < -0.4 is 10.6 Å². The fourth-order valence-electron chi connectivity index (χ4n) is 3.41. The first-order chi connectivity index (χ1) is 12.9. The first-order valence-corrected chi connectivity index (χ1v) is 9.13. The number of benzene rings is 2. The standard InChI is InChI=1S/C22H25N3O2/c1-14-10-15(2)22(16(3)11-14)25-21(27)13-24-20(26)9-8-17-12-23-19-7-5-4-6-18(17)19/h4-7,10-12,23H,8-9,13H2,1-3H3,(H,24,26)(H,25,27). The van der Waals surface area contributed by atoms with Crippen molar-refractivity contribution in [1.82, 2.24) is 10.3 Å². The van der Waals surface area contributed by atoms with E-state index in [2.05, 4.69) is 15.6 Å². The largest absolute Gasteiger partial charge is 0.361 e. The molecule has 0 aliphatic carbocycles. The molecule has 0 saturated carbocycles. The number of H-pyrrole nitrogens is 1. The molecule has 3 N–H and O–H groups in total. The van der Waals surface area contributed by atoms with E-state index in [-0.39, 0.29) is 18.4 Å². The summed E-state index contributed by atoms with van der Waals surface area (Å²) in [6, 6.07) is 12.1. The molecule has 0 spiro atoms. The second-order valence-electron chi connectivity index (χ2n) is 6.96. The molecule has 0 fully saturated rings. The van der Waals surface area contributed by atoms with Gasteiger partial charge in [0.25, 0.3) is 0 Å². The van der Waals surface area contributed by atoms with Gasteiger partial charge in [0.05, 0.1) is 6.54 Å². The van der Waals surface area contributed by atoms with E-state index in [0.717, 1.165) is 38.8 Å². The Morgan fingerprint density at radius 3 is 2.44 bits per heavy atom. The molecule has 0 aliphatic heterocycles. The lowest BCUT2D eigenvalue weighted by molar-refractivity contribution is -0.124. The van der Waals surface area contributed by atoms with E-state index in [9.17, 15) is 9.59 Å². The van der Waals surface area contributed by atoms with Crippen LogP contribution in [0.25, 0.3) is 10.9 Å². The number of rotatable bonds is 6. The van der Waals surface area contributed by atoms with Crippen molar-refractivity contribution in [2.24, 2.45) is 0 Å². The number of aromatic nitrogens is 1. The van der Waals surface area contributed by atoms with Crippen LogP contribution in [0.4, 0.5) is 5.69 Å². The van der Waals surface area contributed by atoms with Gasteiger partial charge in [-0.25, -0.2) is 0 Å². The Labute approximate surface area is 159 Å². The van der Waals surface area contributed by atoms with Crippen LogP contribution in [-0.2, 0) is 16.0 Å². The highest BCUT2D eigenvalue weighted by molar-refractivity contribution is 5.95. The molecular weight excluding hydrogens is 338 g/mol. The van der Waals surface area contributed by atoms with Gasteiger partial charge < -0.3 is 15.6 Å². The van der Waals surface area contributed by atoms with Gasteiger partial charge in [-0.15, -0.1) is 0 Å². The highest BCUT2D eigenvalue weighted by Crippen LogP contribution is 2.22. The van der Waals surface area contributed by atoms with Crippen LogP contribution in [-0.4, -0.2) is 23.3 Å². The number of para-hydroxylation sites is 1. The van der Waals surface area contributed by atoms with E-state index >= 15 is 0 Å². The maximum Gasteiger partial charge on any atom is 0.243 e. The van der Waals surface area contributed by atoms with Gasteiger partial charge in [0.15, 0.2) is 0 Å². The molecule has 0 saturated heterocycles. The number of hydrogen-bond acceptors (Lipinski definition) is 2. The Hall–Kier alpha value is -3.08. The number of fused-ring (bicyclic) bond motifs is 1. The number of aryl methyl sites for hydroxylation is 4. The summed E-state index contributed by atoms with van der Waals surface area (Å²) in [7, 11) is 0. The maximum atomic E-state index is 12.2. The van der Waals surface area contributed by atoms with E-state index in [4.69, 9.17) is 0 Å². The highest BCUT2D eigenvalue weighted by atomic mass is 16.2. The number of carbonyl (C=O) groups excluding carboxylic acids is 2. The zero-order valence-electron chi connectivity index (χ0n) is 16.0. The van der Waals surface area contributed by atoms with Crippen LogP contribution in [0.15, 0.2) is 42.6 Å². The fraction of sp³-hybridized carbons (Fsp3) is 0.273. The summed E-state index contributed by atoms with van der Waals surface area (Å²) in [6.45, 7) is 5.93. The summed E-state index contributed by atoms with van der Waals surface area (Å²) in [5.74, 6) is -0.349. The summed E-state index contributed by atoms with van der Waals surface area (Å²) in [5, 5.41) is 6.73. The lowest BCUT2D eigenvalue weighted by Gasteiger charge is -2.13. The molecule has 27 heavy (non-hydrogen) atoms. The van der Waals surface area contributed by atoms with Crippen LogP contribution in [0.3, 0.4) is 0 Å². The summed E-state index contributed by atoms with van der Waals surface area (Å²) in [5.41, 5.74) is 6.19. The van der Waals surface area contributed by atoms with Crippen LogP contribution in [0.2, 0.25) is 0 Å². The van der Waals surface area contributed by atoms with Crippen molar-refractivity contribution in [1.29, 1.82) is 0 Å². The Morgan fingerprint density at radius 1 is 1.00 bits per heavy atom. The second kappa shape index (κ2) is 8.08. The molecule has 5 heteroatoms. The number of anilines is 1. The highest BCUT2D eigenvalue weighted by Gasteiger charge is 2.11. The average Bonchev–Trinajstić information content (AvgIpc) is 3.04. The molecule has 5 nitrogen and oxygen atoms in total. The summed E-state index contributed by atoms with van der Waals surface area (Å²) >= 11 is 0. The van der Waals surface area contributed by atoms with Crippen LogP contribution in [0.1, 0.15) is 28.7 Å². The number of aromatic amines is 1. The molecule has 3 rings (SSSR count). The van der Waals surface area contributed by atoms with E-state index in [1.807, 2.05) is 63.4 Å². The van der Waals surface area contributed by atoms with Gasteiger partial charge in [0, 0.05) is 29.2 Å². The number of amides is 2. The fourth-order valence-corrected chi connectivity index (χ4v) is 3.41. The minimum Gasteiger partial charge on any atom is -0.361 e. The molecule has 140 valence electrons. The summed E-state index contributed by atoms with van der Waals surface area (Å²) in [6.07, 6.45) is 2.92. The zero-order valence-corrected chi connectivity index (χ0v) is 16.0. The maximum absolute atomic E-state index is 12.2. The first kappa shape index (κ1) is 18.7. The minimum absolute atomic E-state index is 0.0283. The number of hydrogen-bond donors (Lipinski definition) is 3. The molecule has 0 aliphatic rings. The Bertz CT molecular complexity index is 965. The molecule has 0 atom stereocenters. The Kier molecular flexibility index (Phi) is 5.60. The monoisotopic (exact) mass is 363 g/mol. The van der Waals surface area contributed by atoms with Crippen molar-refractivity contribution in [3.8, 4) is 0 Å². The minimum atomic E-state index is -0.217. The molecule has 2 amide bonds. The third-order valence-electron chi connectivity index (χ3n) is 4.68. The topological polar surface area (TPSA) is 74.0 Å². The van der Waals surface area contributed by atoms with Crippen LogP contribution in [0, 0.1) is 20.8 Å². The van der Waals surface area contributed by atoms with Crippen molar-refractivity contribution in [2.75, 3.05) is 11.9 Å². The molecule has 1 heterocycles.